The van der Waals surface area contributed by atoms with Gasteiger partial charge in [-0.2, -0.15) is 0 Å². The molecule has 1 aliphatic rings. The lowest BCUT2D eigenvalue weighted by Gasteiger charge is -2.46. The van der Waals surface area contributed by atoms with Gasteiger partial charge in [-0.05, 0) is 48.0 Å². The van der Waals surface area contributed by atoms with E-state index < -0.39 is 0 Å². The van der Waals surface area contributed by atoms with Crippen molar-refractivity contribution in [1.29, 1.82) is 0 Å². The molecule has 1 N–H and O–H groups in total. The largest absolute Gasteiger partial charge is 0.306 e. The van der Waals surface area contributed by atoms with Gasteiger partial charge in [-0.1, -0.05) is 40.7 Å². The molecule has 0 radical (unpaired) electrons. The van der Waals surface area contributed by atoms with Crippen molar-refractivity contribution in [1.82, 2.24) is 5.32 Å². The molecule has 1 heterocycles. The van der Waals surface area contributed by atoms with Gasteiger partial charge in [0.05, 0.1) is 0 Å². The molecule has 0 saturated heterocycles. The molecular weight excluding hydrogens is 250 g/mol. The Labute approximate surface area is 122 Å². The number of hydrogen-bond donors (Lipinski definition) is 1. The molecule has 2 heteroatoms. The minimum atomic E-state index is 0.465. The van der Waals surface area contributed by atoms with Crippen LogP contribution in [-0.2, 0) is 0 Å². The van der Waals surface area contributed by atoms with Crippen LogP contribution in [-0.4, -0.2) is 6.04 Å². The molecule has 1 aliphatic carbocycles. The SMILES string of the molecule is CCC(NC1CC(C)(C)CC(C)(C)C1)c1cccs1. The first-order valence-electron chi connectivity index (χ1n) is 7.61. The molecule has 1 unspecified atom stereocenters. The van der Waals surface area contributed by atoms with Gasteiger partial charge in [0, 0.05) is 17.0 Å². The Morgan fingerprint density at radius 3 is 2.37 bits per heavy atom. The monoisotopic (exact) mass is 279 g/mol. The molecule has 0 spiro atoms. The zero-order valence-corrected chi connectivity index (χ0v) is 13.9. The highest BCUT2D eigenvalue weighted by atomic mass is 32.1. The number of hydrogen-bond acceptors (Lipinski definition) is 2. The van der Waals surface area contributed by atoms with E-state index in [0.29, 0.717) is 22.9 Å². The smallest absolute Gasteiger partial charge is 0.0414 e. The molecule has 19 heavy (non-hydrogen) atoms. The van der Waals surface area contributed by atoms with E-state index in [1.807, 2.05) is 11.3 Å². The van der Waals surface area contributed by atoms with Crippen molar-refractivity contribution < 1.29 is 0 Å². The highest BCUT2D eigenvalue weighted by molar-refractivity contribution is 7.10. The summed E-state index contributed by atoms with van der Waals surface area (Å²) in [4.78, 5) is 1.49. The van der Waals surface area contributed by atoms with Gasteiger partial charge >= 0.3 is 0 Å². The lowest BCUT2D eigenvalue weighted by atomic mass is 9.63. The molecule has 1 fully saturated rings. The molecule has 2 rings (SSSR count). The summed E-state index contributed by atoms with van der Waals surface area (Å²) in [5, 5.41) is 6.12. The van der Waals surface area contributed by atoms with Crippen LogP contribution in [0.15, 0.2) is 17.5 Å². The Kier molecular flexibility index (Phi) is 4.42. The van der Waals surface area contributed by atoms with Gasteiger partial charge in [0.2, 0.25) is 0 Å². The zero-order chi connectivity index (χ0) is 14.1. The second-order valence-electron chi connectivity index (χ2n) is 7.75. The van der Waals surface area contributed by atoms with E-state index in [-0.39, 0.29) is 0 Å². The standard InChI is InChI=1S/C17H29NS/c1-6-14(15-8-7-9-19-15)18-13-10-16(2,3)12-17(4,5)11-13/h7-9,13-14,18H,6,10-12H2,1-5H3. The molecule has 108 valence electrons. The van der Waals surface area contributed by atoms with Crippen LogP contribution in [0, 0.1) is 10.8 Å². The van der Waals surface area contributed by atoms with Crippen molar-refractivity contribution in [2.75, 3.05) is 0 Å². The Bertz CT molecular complexity index is 375. The van der Waals surface area contributed by atoms with Crippen LogP contribution in [0.25, 0.3) is 0 Å². The fourth-order valence-corrected chi connectivity index (χ4v) is 5.01. The third-order valence-corrected chi connectivity index (χ3v) is 5.27. The summed E-state index contributed by atoms with van der Waals surface area (Å²) in [6, 6.07) is 5.63. The van der Waals surface area contributed by atoms with Crippen molar-refractivity contribution in [2.45, 2.75) is 72.4 Å². The molecule has 1 aromatic heterocycles. The van der Waals surface area contributed by atoms with Gasteiger partial charge in [0.15, 0.2) is 0 Å². The summed E-state index contributed by atoms with van der Waals surface area (Å²) in [5.41, 5.74) is 0.931. The Morgan fingerprint density at radius 1 is 1.26 bits per heavy atom. The average Bonchev–Trinajstić information content (AvgIpc) is 2.74. The van der Waals surface area contributed by atoms with Gasteiger partial charge in [-0.15, -0.1) is 11.3 Å². The van der Waals surface area contributed by atoms with Crippen molar-refractivity contribution >= 4 is 11.3 Å². The zero-order valence-electron chi connectivity index (χ0n) is 13.1. The Balaban J connectivity index is 2.05. The van der Waals surface area contributed by atoms with Crippen LogP contribution in [0.1, 0.15) is 71.2 Å². The second-order valence-corrected chi connectivity index (χ2v) is 8.73. The molecule has 1 nitrogen and oxygen atoms in total. The van der Waals surface area contributed by atoms with Crippen molar-refractivity contribution in [3.63, 3.8) is 0 Å². The molecule has 1 aromatic rings. The van der Waals surface area contributed by atoms with Gasteiger partial charge in [-0.25, -0.2) is 0 Å². The molecule has 1 saturated carbocycles. The van der Waals surface area contributed by atoms with E-state index in [9.17, 15) is 0 Å². The highest BCUT2D eigenvalue weighted by Gasteiger charge is 2.38. The maximum Gasteiger partial charge on any atom is 0.0414 e. The van der Waals surface area contributed by atoms with Crippen LogP contribution in [0.2, 0.25) is 0 Å². The fourth-order valence-electron chi connectivity index (χ4n) is 4.14. The summed E-state index contributed by atoms with van der Waals surface area (Å²) < 4.78 is 0. The molecule has 0 amide bonds. The van der Waals surface area contributed by atoms with E-state index in [4.69, 9.17) is 0 Å². The van der Waals surface area contributed by atoms with Gasteiger partial charge in [-0.3, -0.25) is 0 Å². The number of thiophene rings is 1. The Morgan fingerprint density at radius 2 is 1.89 bits per heavy atom. The van der Waals surface area contributed by atoms with Crippen LogP contribution in [0.5, 0.6) is 0 Å². The van der Waals surface area contributed by atoms with E-state index in [0.717, 1.165) is 0 Å². The van der Waals surface area contributed by atoms with Crippen molar-refractivity contribution in [3.8, 4) is 0 Å². The topological polar surface area (TPSA) is 12.0 Å². The van der Waals surface area contributed by atoms with E-state index in [1.165, 1.54) is 30.6 Å². The van der Waals surface area contributed by atoms with Crippen molar-refractivity contribution in [3.05, 3.63) is 22.4 Å². The maximum absolute atomic E-state index is 3.93. The van der Waals surface area contributed by atoms with E-state index >= 15 is 0 Å². The first-order valence-corrected chi connectivity index (χ1v) is 8.49. The molecular formula is C17H29NS. The second kappa shape index (κ2) is 5.57. The maximum atomic E-state index is 3.93. The van der Waals surface area contributed by atoms with Crippen LogP contribution >= 0.6 is 11.3 Å². The predicted octanol–water partition coefficient (Wildman–Crippen LogP) is 5.39. The van der Waals surface area contributed by atoms with E-state index in [2.05, 4.69) is 57.4 Å². The van der Waals surface area contributed by atoms with Crippen LogP contribution < -0.4 is 5.32 Å². The lowest BCUT2D eigenvalue weighted by Crippen LogP contribution is -2.44. The summed E-state index contributed by atoms with van der Waals surface area (Å²) in [6.45, 7) is 12.0. The molecule has 0 bridgehead atoms. The van der Waals surface area contributed by atoms with Gasteiger partial charge in [0.25, 0.3) is 0 Å². The lowest BCUT2D eigenvalue weighted by molar-refractivity contribution is 0.0801. The summed E-state index contributed by atoms with van der Waals surface area (Å²) >= 11 is 1.88. The predicted molar refractivity (Wildman–Crippen MR) is 85.7 cm³/mol. The van der Waals surface area contributed by atoms with Crippen LogP contribution in [0.4, 0.5) is 0 Å². The third-order valence-electron chi connectivity index (χ3n) is 4.29. The number of rotatable bonds is 4. The fraction of sp³-hybridized carbons (Fsp3) is 0.765. The summed E-state index contributed by atoms with van der Waals surface area (Å²) in [7, 11) is 0. The quantitative estimate of drug-likeness (QED) is 0.778. The first kappa shape index (κ1) is 15.1. The molecule has 1 atom stereocenters. The Hall–Kier alpha value is -0.340. The molecule has 0 aliphatic heterocycles. The first-order chi connectivity index (χ1) is 8.81. The summed E-state index contributed by atoms with van der Waals surface area (Å²) in [5.74, 6) is 0. The molecule has 0 aromatic carbocycles. The van der Waals surface area contributed by atoms with Crippen molar-refractivity contribution in [2.24, 2.45) is 10.8 Å². The number of nitrogens with one attached hydrogen (secondary N) is 1. The van der Waals surface area contributed by atoms with E-state index in [1.54, 1.807) is 0 Å². The minimum absolute atomic E-state index is 0.465. The van der Waals surface area contributed by atoms with Crippen LogP contribution in [0.3, 0.4) is 0 Å². The minimum Gasteiger partial charge on any atom is -0.306 e. The van der Waals surface area contributed by atoms with Gasteiger partial charge in [0.1, 0.15) is 0 Å². The average molecular weight is 279 g/mol. The van der Waals surface area contributed by atoms with Gasteiger partial charge < -0.3 is 5.32 Å². The highest BCUT2D eigenvalue weighted by Crippen LogP contribution is 2.46. The normalized spacial score (nSPS) is 24.3. The summed E-state index contributed by atoms with van der Waals surface area (Å²) in [6.07, 6.45) is 5.13. The third kappa shape index (κ3) is 4.06.